The summed E-state index contributed by atoms with van der Waals surface area (Å²) in [5.41, 5.74) is 3.65. The van der Waals surface area contributed by atoms with E-state index in [9.17, 15) is 4.79 Å². The van der Waals surface area contributed by atoms with Gasteiger partial charge in [0.2, 0.25) is 5.91 Å². The largest absolute Gasteiger partial charge is 0.353 e. The van der Waals surface area contributed by atoms with Gasteiger partial charge in [-0.3, -0.25) is 4.79 Å². The third-order valence-electron chi connectivity index (χ3n) is 6.06. The van der Waals surface area contributed by atoms with Crippen molar-refractivity contribution in [1.29, 1.82) is 0 Å². The van der Waals surface area contributed by atoms with E-state index in [4.69, 9.17) is 16.7 Å². The molecule has 3 aromatic rings. The molecule has 6 heteroatoms. The summed E-state index contributed by atoms with van der Waals surface area (Å²) in [7, 11) is 0. The molecule has 168 valence electrons. The Morgan fingerprint density at radius 2 is 1.81 bits per heavy atom. The van der Waals surface area contributed by atoms with E-state index < -0.39 is 0 Å². The summed E-state index contributed by atoms with van der Waals surface area (Å²) in [5, 5.41) is 8.74. The summed E-state index contributed by atoms with van der Waals surface area (Å²) >= 11 is 6.08. The van der Waals surface area contributed by atoms with Crippen LogP contribution in [0.4, 0.5) is 0 Å². The van der Waals surface area contributed by atoms with Crippen LogP contribution in [0.2, 0.25) is 5.02 Å². The molecule has 0 spiro atoms. The fraction of sp³-hybridized carbons (Fsp3) is 0.385. The highest BCUT2D eigenvalue weighted by atomic mass is 35.5. The van der Waals surface area contributed by atoms with Gasteiger partial charge in [0, 0.05) is 41.5 Å². The van der Waals surface area contributed by atoms with Crippen LogP contribution in [0.1, 0.15) is 38.2 Å². The first-order valence-electron chi connectivity index (χ1n) is 11.5. The van der Waals surface area contributed by atoms with Crippen LogP contribution in [-0.2, 0) is 11.2 Å². The summed E-state index contributed by atoms with van der Waals surface area (Å²) in [6.07, 6.45) is 6.78. The van der Waals surface area contributed by atoms with E-state index in [1.807, 2.05) is 65.5 Å². The predicted molar refractivity (Wildman–Crippen MR) is 130 cm³/mol. The lowest BCUT2D eigenvalue weighted by Gasteiger charge is -2.32. The normalized spacial score (nSPS) is 15.1. The summed E-state index contributed by atoms with van der Waals surface area (Å²) < 4.78 is 1.85. The van der Waals surface area contributed by atoms with Crippen molar-refractivity contribution in [1.82, 2.24) is 20.0 Å². The van der Waals surface area contributed by atoms with E-state index in [2.05, 4.69) is 17.1 Å². The molecule has 0 saturated carbocycles. The number of para-hydroxylation sites is 1. The number of rotatable bonds is 8. The molecule has 0 radical (unpaired) electrons. The molecular formula is C26H31ClN4O. The molecule has 5 nitrogen and oxygen atoms in total. The maximum Gasteiger partial charge on any atom is 0.224 e. The third-order valence-corrected chi connectivity index (χ3v) is 6.31. The number of amides is 1. The van der Waals surface area contributed by atoms with E-state index in [-0.39, 0.29) is 11.9 Å². The maximum atomic E-state index is 12.9. The Balaban J connectivity index is 1.47. The fourth-order valence-electron chi connectivity index (χ4n) is 4.24. The number of hydrogen-bond donors (Lipinski definition) is 1. The zero-order chi connectivity index (χ0) is 22.3. The topological polar surface area (TPSA) is 50.2 Å². The Morgan fingerprint density at radius 1 is 1.09 bits per heavy atom. The van der Waals surface area contributed by atoms with Crippen LogP contribution in [0, 0.1) is 0 Å². The minimum atomic E-state index is 0.0554. The highest BCUT2D eigenvalue weighted by Gasteiger charge is 2.22. The van der Waals surface area contributed by atoms with Gasteiger partial charge in [-0.1, -0.05) is 55.3 Å². The SMILES string of the molecule is CCCCN1CCC(NC(=O)Cc2cn(-c3ccccc3)nc2-c2ccc(Cl)cc2)CC1. The summed E-state index contributed by atoms with van der Waals surface area (Å²) in [6.45, 7) is 5.52. The second kappa shape index (κ2) is 10.8. The van der Waals surface area contributed by atoms with Crippen molar-refractivity contribution in [3.63, 3.8) is 0 Å². The van der Waals surface area contributed by atoms with Crippen molar-refractivity contribution in [3.8, 4) is 16.9 Å². The molecular weight excluding hydrogens is 420 g/mol. The van der Waals surface area contributed by atoms with Gasteiger partial charge in [-0.25, -0.2) is 4.68 Å². The highest BCUT2D eigenvalue weighted by Crippen LogP contribution is 2.26. The zero-order valence-electron chi connectivity index (χ0n) is 18.6. The molecule has 1 N–H and O–H groups in total. The molecule has 4 rings (SSSR count). The smallest absolute Gasteiger partial charge is 0.224 e. The summed E-state index contributed by atoms with van der Waals surface area (Å²) in [6, 6.07) is 17.8. The van der Waals surface area contributed by atoms with Crippen LogP contribution in [0.5, 0.6) is 0 Å². The molecule has 1 aromatic heterocycles. The van der Waals surface area contributed by atoms with Crippen LogP contribution < -0.4 is 5.32 Å². The molecule has 1 aliphatic rings. The number of benzene rings is 2. The van der Waals surface area contributed by atoms with Gasteiger partial charge < -0.3 is 10.2 Å². The molecule has 0 atom stereocenters. The first kappa shape index (κ1) is 22.6. The van der Waals surface area contributed by atoms with Gasteiger partial charge in [-0.15, -0.1) is 0 Å². The van der Waals surface area contributed by atoms with Crippen molar-refractivity contribution in [2.45, 2.75) is 45.1 Å². The van der Waals surface area contributed by atoms with Crippen molar-refractivity contribution in [2.24, 2.45) is 0 Å². The van der Waals surface area contributed by atoms with E-state index >= 15 is 0 Å². The van der Waals surface area contributed by atoms with Gasteiger partial charge in [-0.05, 0) is 50.1 Å². The Kier molecular flexibility index (Phi) is 7.61. The van der Waals surface area contributed by atoms with Gasteiger partial charge >= 0.3 is 0 Å². The average Bonchev–Trinajstić information content (AvgIpc) is 3.23. The number of halogens is 1. The monoisotopic (exact) mass is 450 g/mol. The second-order valence-corrected chi connectivity index (χ2v) is 8.94. The standard InChI is InChI=1S/C26H31ClN4O/c1-2-3-15-30-16-13-23(14-17-30)28-25(32)18-21-19-31(24-7-5-4-6-8-24)29-26(21)20-9-11-22(27)12-10-20/h4-12,19,23H,2-3,13-18H2,1H3,(H,28,32). The number of hydrogen-bond acceptors (Lipinski definition) is 3. The average molecular weight is 451 g/mol. The molecule has 1 aliphatic heterocycles. The van der Waals surface area contributed by atoms with Gasteiger partial charge in [0.25, 0.3) is 0 Å². The Hall–Kier alpha value is -2.63. The maximum absolute atomic E-state index is 12.9. The van der Waals surface area contributed by atoms with Crippen LogP contribution >= 0.6 is 11.6 Å². The Morgan fingerprint density at radius 3 is 2.50 bits per heavy atom. The Labute approximate surface area is 195 Å². The number of carbonyl (C=O) groups is 1. The minimum Gasteiger partial charge on any atom is -0.353 e. The first-order chi connectivity index (χ1) is 15.6. The van der Waals surface area contributed by atoms with E-state index in [0.29, 0.717) is 11.4 Å². The van der Waals surface area contributed by atoms with E-state index in [0.717, 1.165) is 48.4 Å². The molecule has 0 aliphatic carbocycles. The highest BCUT2D eigenvalue weighted by molar-refractivity contribution is 6.30. The number of unbranched alkanes of at least 4 members (excludes halogenated alkanes) is 1. The molecule has 0 bridgehead atoms. The minimum absolute atomic E-state index is 0.0554. The number of carbonyl (C=O) groups excluding carboxylic acids is 1. The van der Waals surface area contributed by atoms with E-state index in [1.165, 1.54) is 19.4 Å². The number of aromatic nitrogens is 2. The number of nitrogens with one attached hydrogen (secondary N) is 1. The molecule has 2 aromatic carbocycles. The summed E-state index contributed by atoms with van der Waals surface area (Å²) in [4.78, 5) is 15.4. The van der Waals surface area contributed by atoms with Crippen molar-refractivity contribution < 1.29 is 4.79 Å². The lowest BCUT2D eigenvalue weighted by molar-refractivity contribution is -0.121. The van der Waals surface area contributed by atoms with Gasteiger partial charge in [0.15, 0.2) is 0 Å². The van der Waals surface area contributed by atoms with E-state index in [1.54, 1.807) is 0 Å². The number of nitrogens with zero attached hydrogens (tertiary/aromatic N) is 3. The van der Waals surface area contributed by atoms with Crippen LogP contribution in [0.25, 0.3) is 16.9 Å². The van der Waals surface area contributed by atoms with Crippen LogP contribution in [0.3, 0.4) is 0 Å². The molecule has 1 saturated heterocycles. The van der Waals surface area contributed by atoms with Gasteiger partial charge in [0.05, 0.1) is 17.8 Å². The van der Waals surface area contributed by atoms with Gasteiger partial charge in [-0.2, -0.15) is 5.10 Å². The molecule has 0 unspecified atom stereocenters. The lowest BCUT2D eigenvalue weighted by Crippen LogP contribution is -2.45. The quantitative estimate of drug-likeness (QED) is 0.518. The summed E-state index contributed by atoms with van der Waals surface area (Å²) in [5.74, 6) is 0.0554. The zero-order valence-corrected chi connectivity index (χ0v) is 19.4. The molecule has 2 heterocycles. The second-order valence-electron chi connectivity index (χ2n) is 8.50. The fourth-order valence-corrected chi connectivity index (χ4v) is 4.36. The molecule has 32 heavy (non-hydrogen) atoms. The molecule has 1 fully saturated rings. The van der Waals surface area contributed by atoms with Crippen LogP contribution in [-0.4, -0.2) is 46.3 Å². The van der Waals surface area contributed by atoms with Gasteiger partial charge in [0.1, 0.15) is 0 Å². The molecule has 1 amide bonds. The third kappa shape index (κ3) is 5.78. The lowest BCUT2D eigenvalue weighted by atomic mass is 10.0. The van der Waals surface area contributed by atoms with Crippen molar-refractivity contribution in [3.05, 3.63) is 71.4 Å². The number of likely N-dealkylation sites (tertiary alicyclic amines) is 1. The van der Waals surface area contributed by atoms with Crippen LogP contribution in [0.15, 0.2) is 60.8 Å². The Bertz CT molecular complexity index is 1010. The predicted octanol–water partition coefficient (Wildman–Crippen LogP) is 5.12. The number of piperidine rings is 1. The van der Waals surface area contributed by atoms with Crippen molar-refractivity contribution in [2.75, 3.05) is 19.6 Å². The first-order valence-corrected chi connectivity index (χ1v) is 11.9. The van der Waals surface area contributed by atoms with Crippen molar-refractivity contribution >= 4 is 17.5 Å².